The number of hydrogen-bond acceptors (Lipinski definition) is 10. The fourth-order valence-electron chi connectivity index (χ4n) is 5.81. The van der Waals surface area contributed by atoms with E-state index in [9.17, 15) is 19.6 Å². The maximum atomic E-state index is 14.1. The third kappa shape index (κ3) is 15.5. The van der Waals surface area contributed by atoms with E-state index >= 15 is 0 Å². The molecule has 308 valence electrons. The topological polar surface area (TPSA) is 184 Å². The van der Waals surface area contributed by atoms with Crippen LogP contribution in [0, 0.1) is 5.41 Å². The van der Waals surface area contributed by atoms with Crippen molar-refractivity contribution >= 4 is 23.9 Å². The van der Waals surface area contributed by atoms with E-state index in [1.54, 1.807) is 18.2 Å². The van der Waals surface area contributed by atoms with Crippen LogP contribution in [0.2, 0.25) is 0 Å². The van der Waals surface area contributed by atoms with Crippen molar-refractivity contribution in [2.24, 2.45) is 0 Å². The van der Waals surface area contributed by atoms with Crippen molar-refractivity contribution in [1.29, 1.82) is 5.41 Å². The van der Waals surface area contributed by atoms with Gasteiger partial charge in [-0.3, -0.25) is 20.8 Å². The molecule has 59 heavy (non-hydrogen) atoms. The van der Waals surface area contributed by atoms with Crippen molar-refractivity contribution in [2.75, 3.05) is 13.6 Å². The lowest BCUT2D eigenvalue weighted by Crippen LogP contribution is -2.53. The van der Waals surface area contributed by atoms with Crippen molar-refractivity contribution in [2.45, 2.75) is 57.8 Å². The summed E-state index contributed by atoms with van der Waals surface area (Å²) < 4.78 is 23.6. The van der Waals surface area contributed by atoms with Crippen LogP contribution in [-0.4, -0.2) is 60.0 Å². The zero-order valence-corrected chi connectivity index (χ0v) is 32.8. The highest BCUT2D eigenvalue weighted by atomic mass is 16.6. The van der Waals surface area contributed by atoms with E-state index in [-0.39, 0.29) is 45.2 Å². The van der Waals surface area contributed by atoms with Crippen molar-refractivity contribution in [3.8, 4) is 11.5 Å². The van der Waals surface area contributed by atoms with Crippen LogP contribution in [-0.2, 0) is 51.9 Å². The molecular weight excluding hydrogens is 753 g/mol. The average molecular weight is 803 g/mol. The maximum Gasteiger partial charge on any atom is 0.408 e. The molecule has 0 aliphatic heterocycles. The Hall–Kier alpha value is -6.90. The fourth-order valence-corrected chi connectivity index (χ4v) is 5.81. The number of carbonyl (C=O) groups is 3. The molecule has 2 amide bonds. The number of amides is 2. The molecule has 0 saturated heterocycles. The normalized spacial score (nSPS) is 11.7. The van der Waals surface area contributed by atoms with Gasteiger partial charge in [0.1, 0.15) is 38.5 Å². The SMILES string of the molecule is CN(O)NC(=N)NCCC[C@H](NC(=O)OCc1ccccc1)C(=O)N[C@@H](Cc1ccc(OCc2ccccc2)c(OCc2ccccc2)c1)C(=O)OCc1ccccc1. The molecule has 5 aromatic rings. The number of esters is 1. The summed E-state index contributed by atoms with van der Waals surface area (Å²) in [6, 6.07) is 40.8. The minimum Gasteiger partial charge on any atom is -0.485 e. The standard InChI is InChI=1S/C45H50N6O8/c1-51(55)50-44(46)47-26-14-23-38(49-45(54)59-32-36-21-12-5-13-22-36)42(52)48-39(43(53)58-31-35-19-10-4-11-20-35)27-37-24-25-40(56-29-33-15-6-2-7-16-33)41(28-37)57-30-34-17-8-3-9-18-34/h2-13,15-22,24-25,28,38-39,55H,14,23,26-27,29-32H2,1H3,(H,48,52)(H,49,54)(H3,46,47,50)/t38-,39-/m0/s1. The smallest absolute Gasteiger partial charge is 0.408 e. The minimum atomic E-state index is -1.18. The van der Waals surface area contributed by atoms with Gasteiger partial charge < -0.3 is 34.9 Å². The first-order valence-corrected chi connectivity index (χ1v) is 19.2. The second-order valence-electron chi connectivity index (χ2n) is 13.5. The fraction of sp³-hybridized carbons (Fsp3) is 0.244. The molecule has 0 unspecified atom stereocenters. The van der Waals surface area contributed by atoms with E-state index in [0.717, 1.165) is 22.3 Å². The van der Waals surface area contributed by atoms with Crippen LogP contribution in [0.4, 0.5) is 4.79 Å². The van der Waals surface area contributed by atoms with Gasteiger partial charge in [0.15, 0.2) is 11.5 Å². The molecule has 6 N–H and O–H groups in total. The lowest BCUT2D eigenvalue weighted by molar-refractivity contribution is -0.149. The number of carbonyl (C=O) groups excluding carboxylic acids is 3. The van der Waals surface area contributed by atoms with E-state index < -0.39 is 30.1 Å². The summed E-state index contributed by atoms with van der Waals surface area (Å²) >= 11 is 0. The Balaban J connectivity index is 1.35. The molecule has 0 fully saturated rings. The van der Waals surface area contributed by atoms with Crippen LogP contribution in [0.3, 0.4) is 0 Å². The molecule has 5 rings (SSSR count). The summed E-state index contributed by atoms with van der Waals surface area (Å²) in [5.74, 6) is -0.545. The van der Waals surface area contributed by atoms with Gasteiger partial charge in [-0.1, -0.05) is 127 Å². The highest BCUT2D eigenvalue weighted by Gasteiger charge is 2.29. The number of nitrogens with zero attached hydrogens (tertiary/aromatic N) is 1. The Morgan fingerprint density at radius 3 is 1.68 bits per heavy atom. The van der Waals surface area contributed by atoms with E-state index in [1.165, 1.54) is 7.05 Å². The number of ether oxygens (including phenoxy) is 4. The zero-order chi connectivity index (χ0) is 41.7. The predicted octanol–water partition coefficient (Wildman–Crippen LogP) is 6.04. The first-order valence-electron chi connectivity index (χ1n) is 19.2. The van der Waals surface area contributed by atoms with Crippen LogP contribution in [0.25, 0.3) is 0 Å². The highest BCUT2D eigenvalue weighted by molar-refractivity contribution is 5.89. The Labute approximate surface area is 343 Å². The monoisotopic (exact) mass is 802 g/mol. The number of guanidine groups is 1. The maximum absolute atomic E-state index is 14.1. The van der Waals surface area contributed by atoms with Gasteiger partial charge in [-0.05, 0) is 52.8 Å². The molecule has 0 spiro atoms. The van der Waals surface area contributed by atoms with Gasteiger partial charge in [0.05, 0.1) is 0 Å². The van der Waals surface area contributed by atoms with Crippen LogP contribution in [0.15, 0.2) is 140 Å². The summed E-state index contributed by atoms with van der Waals surface area (Å²) in [6.07, 6.45) is -0.387. The van der Waals surface area contributed by atoms with Gasteiger partial charge in [-0.2, -0.15) is 0 Å². The Morgan fingerprint density at radius 2 is 1.14 bits per heavy atom. The molecule has 14 heteroatoms. The van der Waals surface area contributed by atoms with E-state index in [2.05, 4.69) is 21.4 Å². The number of hydrogen-bond donors (Lipinski definition) is 6. The summed E-state index contributed by atoms with van der Waals surface area (Å²) in [4.78, 5) is 40.9. The first kappa shape index (κ1) is 43.2. The van der Waals surface area contributed by atoms with E-state index in [0.29, 0.717) is 35.3 Å². The minimum absolute atomic E-state index is 0.0181. The molecule has 0 radical (unpaired) electrons. The van der Waals surface area contributed by atoms with Crippen molar-refractivity contribution in [3.05, 3.63) is 167 Å². The molecule has 0 aromatic heterocycles. The molecule has 14 nitrogen and oxygen atoms in total. The third-order valence-electron chi connectivity index (χ3n) is 8.81. The third-order valence-corrected chi connectivity index (χ3v) is 8.81. The first-order chi connectivity index (χ1) is 28.7. The van der Waals surface area contributed by atoms with Crippen LogP contribution >= 0.6 is 0 Å². The number of benzene rings is 5. The number of alkyl carbamates (subject to hydrolysis) is 1. The van der Waals surface area contributed by atoms with Gasteiger partial charge in [0, 0.05) is 20.0 Å². The largest absolute Gasteiger partial charge is 0.485 e. The van der Waals surface area contributed by atoms with Gasteiger partial charge in [0.25, 0.3) is 0 Å². The van der Waals surface area contributed by atoms with Gasteiger partial charge in [0.2, 0.25) is 11.9 Å². The zero-order valence-electron chi connectivity index (χ0n) is 32.8. The summed E-state index contributed by atoms with van der Waals surface area (Å²) in [5, 5.41) is 26.1. The molecule has 2 atom stereocenters. The molecule has 0 saturated carbocycles. The lowest BCUT2D eigenvalue weighted by Gasteiger charge is -2.23. The summed E-state index contributed by atoms with van der Waals surface area (Å²) in [6.45, 7) is 0.748. The molecule has 5 aromatic carbocycles. The number of hydroxylamine groups is 1. The van der Waals surface area contributed by atoms with Crippen LogP contribution in [0.5, 0.6) is 11.5 Å². The highest BCUT2D eigenvalue weighted by Crippen LogP contribution is 2.31. The number of rotatable bonds is 21. The molecule has 0 bridgehead atoms. The van der Waals surface area contributed by atoms with Gasteiger partial charge >= 0.3 is 12.1 Å². The van der Waals surface area contributed by atoms with Gasteiger partial charge in [-0.15, -0.1) is 5.17 Å². The van der Waals surface area contributed by atoms with Crippen LogP contribution < -0.4 is 30.8 Å². The second kappa shape index (κ2) is 23.4. The predicted molar refractivity (Wildman–Crippen MR) is 221 cm³/mol. The Kier molecular flexibility index (Phi) is 17.1. The summed E-state index contributed by atoms with van der Waals surface area (Å²) in [7, 11) is 1.32. The van der Waals surface area contributed by atoms with Crippen molar-refractivity contribution < 1.29 is 38.5 Å². The summed E-state index contributed by atoms with van der Waals surface area (Å²) in [5.41, 5.74) is 6.47. The van der Waals surface area contributed by atoms with Gasteiger partial charge in [-0.25, -0.2) is 9.59 Å². The van der Waals surface area contributed by atoms with E-state index in [1.807, 2.05) is 121 Å². The van der Waals surface area contributed by atoms with Crippen LogP contribution in [0.1, 0.15) is 40.7 Å². The quantitative estimate of drug-likeness (QED) is 0.0167. The molecule has 0 aliphatic rings. The number of hydrazine groups is 1. The van der Waals surface area contributed by atoms with Crippen molar-refractivity contribution in [1.82, 2.24) is 26.5 Å². The second-order valence-corrected chi connectivity index (χ2v) is 13.5. The molecular formula is C45H50N6O8. The molecule has 0 aliphatic carbocycles. The Morgan fingerprint density at radius 1 is 0.627 bits per heavy atom. The van der Waals surface area contributed by atoms with E-state index in [4.69, 9.17) is 24.4 Å². The Bertz CT molecular complexity index is 2060. The lowest BCUT2D eigenvalue weighted by atomic mass is 10.0. The number of nitrogens with one attached hydrogen (secondary N) is 5. The average Bonchev–Trinajstić information content (AvgIpc) is 3.25. The molecule has 0 heterocycles. The van der Waals surface area contributed by atoms with Crippen molar-refractivity contribution in [3.63, 3.8) is 0 Å².